The number of hydrogen-bond donors (Lipinski definition) is 1. The number of hydrogen-bond acceptors (Lipinski definition) is 2. The molecule has 0 unspecified atom stereocenters. The quantitative estimate of drug-likeness (QED) is 0.598. The molecule has 1 heterocycles. The second kappa shape index (κ2) is 9.93. The van der Waals surface area contributed by atoms with Crippen LogP contribution < -0.4 is 5.32 Å². The van der Waals surface area contributed by atoms with Gasteiger partial charge in [0.1, 0.15) is 11.6 Å². The summed E-state index contributed by atoms with van der Waals surface area (Å²) in [6.07, 6.45) is 5.95. The summed E-state index contributed by atoms with van der Waals surface area (Å²) in [6.45, 7) is 7.44. The number of nitrogens with zero attached hydrogens (tertiary/aromatic N) is 1. The van der Waals surface area contributed by atoms with Crippen LogP contribution in [-0.2, 0) is 0 Å². The molecule has 0 amide bonds. The molecular weight excluding hydrogens is 306 g/mol. The van der Waals surface area contributed by atoms with Gasteiger partial charge in [-0.3, -0.25) is 4.90 Å². The van der Waals surface area contributed by atoms with Crippen molar-refractivity contribution in [1.82, 2.24) is 10.2 Å². The summed E-state index contributed by atoms with van der Waals surface area (Å²) < 4.78 is 27.0. The molecule has 0 saturated carbocycles. The molecule has 1 fully saturated rings. The van der Waals surface area contributed by atoms with E-state index >= 15 is 0 Å². The van der Waals surface area contributed by atoms with E-state index in [0.29, 0.717) is 0 Å². The predicted octanol–water partition coefficient (Wildman–Crippen LogP) is 4.08. The van der Waals surface area contributed by atoms with Crippen molar-refractivity contribution in [3.05, 3.63) is 48.1 Å². The van der Waals surface area contributed by atoms with E-state index in [1.165, 1.54) is 12.1 Å². The smallest absolute Gasteiger partial charge is 0.126 e. The van der Waals surface area contributed by atoms with E-state index in [-0.39, 0.29) is 18.4 Å². The van der Waals surface area contributed by atoms with Crippen molar-refractivity contribution in [2.75, 3.05) is 26.2 Å². The lowest BCUT2D eigenvalue weighted by Crippen LogP contribution is -2.45. The first-order valence-corrected chi connectivity index (χ1v) is 7.72. The molecule has 0 aromatic heterocycles. The number of piperazine rings is 1. The van der Waals surface area contributed by atoms with Crippen LogP contribution in [0.5, 0.6) is 0 Å². The van der Waals surface area contributed by atoms with E-state index in [0.717, 1.165) is 63.5 Å². The molecule has 1 aromatic rings. The Kier molecular flexibility index (Phi) is 8.61. The fraction of sp³-hybridized carbons (Fsp3) is 0.529. The Hall–Kier alpha value is -0.970. The Morgan fingerprint density at radius 3 is 2.36 bits per heavy atom. The summed E-state index contributed by atoms with van der Waals surface area (Å²) in [4.78, 5) is 2.33. The number of unbranched alkanes of at least 4 members (excludes halogenated alkanes) is 2. The number of nitrogens with one attached hydrogen (secondary N) is 1. The van der Waals surface area contributed by atoms with Gasteiger partial charge in [0.2, 0.25) is 0 Å². The monoisotopic (exact) mass is 330 g/mol. The van der Waals surface area contributed by atoms with Crippen LogP contribution in [0.4, 0.5) is 8.78 Å². The molecule has 1 aliphatic heterocycles. The van der Waals surface area contributed by atoms with Crippen LogP contribution in [-0.4, -0.2) is 31.1 Å². The molecule has 0 bridgehead atoms. The predicted molar refractivity (Wildman–Crippen MR) is 89.5 cm³/mol. The minimum absolute atomic E-state index is 0. The molecule has 0 radical (unpaired) electrons. The maximum atomic E-state index is 13.5. The molecule has 1 aliphatic rings. The summed E-state index contributed by atoms with van der Waals surface area (Å²) in [5, 5.41) is 3.32. The van der Waals surface area contributed by atoms with Gasteiger partial charge in [-0.2, -0.15) is 0 Å². The van der Waals surface area contributed by atoms with Gasteiger partial charge in [0.05, 0.1) is 0 Å². The number of rotatable bonds is 7. The zero-order valence-corrected chi connectivity index (χ0v) is 13.7. The van der Waals surface area contributed by atoms with Crippen molar-refractivity contribution in [2.45, 2.75) is 31.7 Å². The summed E-state index contributed by atoms with van der Waals surface area (Å²) in [5.74, 6) is -0.979. The first-order chi connectivity index (χ1) is 10.2. The molecule has 2 rings (SSSR count). The van der Waals surface area contributed by atoms with Crippen molar-refractivity contribution in [1.29, 1.82) is 0 Å². The van der Waals surface area contributed by atoms with Crippen LogP contribution in [0.15, 0.2) is 30.9 Å². The highest BCUT2D eigenvalue weighted by atomic mass is 35.5. The Bertz CT molecular complexity index is 442. The molecule has 1 N–H and O–H groups in total. The first-order valence-electron chi connectivity index (χ1n) is 7.72. The molecular formula is C17H25ClF2N2. The van der Waals surface area contributed by atoms with Gasteiger partial charge in [-0.05, 0) is 37.0 Å². The molecule has 1 saturated heterocycles. The van der Waals surface area contributed by atoms with Gasteiger partial charge < -0.3 is 5.32 Å². The first kappa shape index (κ1) is 19.1. The highest BCUT2D eigenvalue weighted by Gasteiger charge is 2.22. The minimum atomic E-state index is -0.490. The van der Waals surface area contributed by atoms with E-state index in [1.54, 1.807) is 0 Å². The molecule has 1 aromatic carbocycles. The molecule has 5 heteroatoms. The van der Waals surface area contributed by atoms with Gasteiger partial charge in [0.25, 0.3) is 0 Å². The Labute approximate surface area is 138 Å². The topological polar surface area (TPSA) is 15.3 Å². The lowest BCUT2D eigenvalue weighted by atomic mass is 9.97. The standard InChI is InChI=1S/C17H24F2N2.ClH/c1-2-3-4-5-6-17(21-9-7-20-8-10-21)14-11-15(18)13-16(19)12-14;/h2,11-13,17,20H,1,3-10H2;1H/t17-;/m1./s1. The fourth-order valence-electron chi connectivity index (χ4n) is 2.95. The van der Waals surface area contributed by atoms with Crippen LogP contribution in [0.25, 0.3) is 0 Å². The Morgan fingerprint density at radius 1 is 1.14 bits per heavy atom. The zero-order chi connectivity index (χ0) is 15.1. The SMILES string of the molecule is C=CCCCC[C@H](c1cc(F)cc(F)c1)N1CCNCC1.Cl. The number of halogens is 3. The molecule has 0 spiro atoms. The average molecular weight is 331 g/mol. The highest BCUT2D eigenvalue weighted by molar-refractivity contribution is 5.85. The third-order valence-electron chi connectivity index (χ3n) is 4.00. The van der Waals surface area contributed by atoms with Gasteiger partial charge >= 0.3 is 0 Å². The largest absolute Gasteiger partial charge is 0.314 e. The van der Waals surface area contributed by atoms with Crippen LogP contribution >= 0.6 is 12.4 Å². The number of allylic oxidation sites excluding steroid dienone is 1. The second-order valence-corrected chi connectivity index (χ2v) is 5.58. The average Bonchev–Trinajstić information content (AvgIpc) is 2.47. The minimum Gasteiger partial charge on any atom is -0.314 e. The van der Waals surface area contributed by atoms with Crippen molar-refractivity contribution >= 4 is 12.4 Å². The molecule has 0 aliphatic carbocycles. The van der Waals surface area contributed by atoms with Crippen molar-refractivity contribution in [3.63, 3.8) is 0 Å². The zero-order valence-electron chi connectivity index (χ0n) is 12.9. The van der Waals surface area contributed by atoms with Crippen molar-refractivity contribution in [2.24, 2.45) is 0 Å². The van der Waals surface area contributed by atoms with E-state index in [9.17, 15) is 8.78 Å². The maximum Gasteiger partial charge on any atom is 0.126 e. The molecule has 2 nitrogen and oxygen atoms in total. The summed E-state index contributed by atoms with van der Waals surface area (Å²) in [7, 11) is 0. The lowest BCUT2D eigenvalue weighted by Gasteiger charge is -2.35. The van der Waals surface area contributed by atoms with Gasteiger partial charge in [0, 0.05) is 38.3 Å². The van der Waals surface area contributed by atoms with E-state index in [4.69, 9.17) is 0 Å². The van der Waals surface area contributed by atoms with Crippen LogP contribution in [0.2, 0.25) is 0 Å². The van der Waals surface area contributed by atoms with Gasteiger partial charge in [0.15, 0.2) is 0 Å². The van der Waals surface area contributed by atoms with Gasteiger partial charge in [-0.15, -0.1) is 19.0 Å². The summed E-state index contributed by atoms with van der Waals surface area (Å²) in [6, 6.07) is 3.99. The maximum absolute atomic E-state index is 13.5. The normalized spacial score (nSPS) is 16.8. The third-order valence-corrected chi connectivity index (χ3v) is 4.00. The number of benzene rings is 1. The van der Waals surface area contributed by atoms with Crippen molar-refractivity contribution < 1.29 is 8.78 Å². The Morgan fingerprint density at radius 2 is 1.77 bits per heavy atom. The van der Waals surface area contributed by atoms with Crippen LogP contribution in [0, 0.1) is 11.6 Å². The van der Waals surface area contributed by atoms with Gasteiger partial charge in [-0.25, -0.2) is 8.78 Å². The fourth-order valence-corrected chi connectivity index (χ4v) is 2.95. The lowest BCUT2D eigenvalue weighted by molar-refractivity contribution is 0.162. The summed E-state index contributed by atoms with van der Waals surface area (Å²) >= 11 is 0. The van der Waals surface area contributed by atoms with Crippen molar-refractivity contribution in [3.8, 4) is 0 Å². The van der Waals surface area contributed by atoms with Crippen LogP contribution in [0.1, 0.15) is 37.3 Å². The van der Waals surface area contributed by atoms with E-state index in [2.05, 4.69) is 16.8 Å². The van der Waals surface area contributed by atoms with E-state index in [1.807, 2.05) is 6.08 Å². The molecule has 22 heavy (non-hydrogen) atoms. The Balaban J connectivity index is 0.00000242. The third kappa shape index (κ3) is 5.67. The summed E-state index contributed by atoms with van der Waals surface area (Å²) in [5.41, 5.74) is 0.757. The highest BCUT2D eigenvalue weighted by Crippen LogP contribution is 2.28. The van der Waals surface area contributed by atoms with E-state index < -0.39 is 11.6 Å². The van der Waals surface area contributed by atoms with Crippen LogP contribution in [0.3, 0.4) is 0 Å². The molecule has 1 atom stereocenters. The van der Waals surface area contributed by atoms with Gasteiger partial charge in [-0.1, -0.05) is 12.5 Å². The second-order valence-electron chi connectivity index (χ2n) is 5.58. The molecule has 124 valence electrons.